The topological polar surface area (TPSA) is 72.3 Å². The number of benzene rings is 1. The number of nitrogens with one attached hydrogen (secondary N) is 1. The number of rotatable bonds is 4. The molecule has 2 aromatic heterocycles. The molecule has 7 nitrogen and oxygen atoms in total. The minimum absolute atomic E-state index is 0.276. The second kappa shape index (κ2) is 8.90. The third-order valence-electron chi connectivity index (χ3n) is 5.88. The molecule has 4 rings (SSSR count). The van der Waals surface area contributed by atoms with Gasteiger partial charge in [0.25, 0.3) is 5.91 Å². The number of pyridine rings is 1. The van der Waals surface area contributed by atoms with E-state index in [1.165, 1.54) is 24.1 Å². The predicted octanol–water partition coefficient (Wildman–Crippen LogP) is 4.83. The fourth-order valence-corrected chi connectivity index (χ4v) is 4.26. The molecule has 3 aromatic rings. The minimum Gasteiger partial charge on any atom is -0.494 e. The molecule has 1 aliphatic heterocycles. The quantitative estimate of drug-likeness (QED) is 0.585. The molecular weight excluding hydrogens is 447 g/mol. The van der Waals surface area contributed by atoms with Crippen LogP contribution in [0.5, 0.6) is 5.75 Å². The van der Waals surface area contributed by atoms with Crippen LogP contribution in [0.1, 0.15) is 55.8 Å². The molecule has 1 aromatic carbocycles. The molecule has 1 amide bonds. The normalized spacial score (nSPS) is 15.5. The predicted molar refractivity (Wildman–Crippen MR) is 123 cm³/mol. The van der Waals surface area contributed by atoms with Gasteiger partial charge in [0, 0.05) is 23.2 Å². The zero-order valence-corrected chi connectivity index (χ0v) is 19.6. The van der Waals surface area contributed by atoms with E-state index in [0.29, 0.717) is 11.4 Å². The maximum Gasteiger partial charge on any atom is 0.433 e. The van der Waals surface area contributed by atoms with E-state index in [9.17, 15) is 18.0 Å². The highest BCUT2D eigenvalue weighted by atomic mass is 19.4. The summed E-state index contributed by atoms with van der Waals surface area (Å²) in [4.78, 5) is 18.6. The van der Waals surface area contributed by atoms with Crippen molar-refractivity contribution in [3.63, 3.8) is 0 Å². The summed E-state index contributed by atoms with van der Waals surface area (Å²) < 4.78 is 47.2. The Morgan fingerprint density at radius 3 is 2.50 bits per heavy atom. The Hall–Kier alpha value is -3.14. The monoisotopic (exact) mass is 475 g/mol. The van der Waals surface area contributed by atoms with Crippen molar-refractivity contribution in [2.45, 2.75) is 51.4 Å². The van der Waals surface area contributed by atoms with E-state index in [1.807, 2.05) is 10.9 Å². The van der Waals surface area contributed by atoms with Crippen molar-refractivity contribution in [1.82, 2.24) is 20.1 Å². The van der Waals surface area contributed by atoms with Gasteiger partial charge < -0.3 is 10.1 Å². The van der Waals surface area contributed by atoms with Gasteiger partial charge in [-0.2, -0.15) is 18.3 Å². The highest BCUT2D eigenvalue weighted by Gasteiger charge is 2.36. The number of ether oxygens (including phenoxy) is 1. The summed E-state index contributed by atoms with van der Waals surface area (Å²) in [6, 6.07) is 7.16. The smallest absolute Gasteiger partial charge is 0.433 e. The number of carbonyl (C=O) groups is 1. The Morgan fingerprint density at radius 2 is 1.88 bits per heavy atom. The zero-order valence-electron chi connectivity index (χ0n) is 19.6. The lowest BCUT2D eigenvalue weighted by molar-refractivity contribution is -0.141. The summed E-state index contributed by atoms with van der Waals surface area (Å²) in [6.45, 7) is 7.26. The average Bonchev–Trinajstić information content (AvgIpc) is 3.21. The third-order valence-corrected chi connectivity index (χ3v) is 5.88. The van der Waals surface area contributed by atoms with Crippen LogP contribution in [0.2, 0.25) is 0 Å². The first kappa shape index (κ1) is 24.0. The van der Waals surface area contributed by atoms with Crippen molar-refractivity contribution in [2.24, 2.45) is 0 Å². The van der Waals surface area contributed by atoms with Crippen molar-refractivity contribution < 1.29 is 22.7 Å². The summed E-state index contributed by atoms with van der Waals surface area (Å²) in [6.07, 6.45) is -0.775. The molecule has 0 atom stereocenters. The van der Waals surface area contributed by atoms with Gasteiger partial charge in [0.15, 0.2) is 0 Å². The lowest BCUT2D eigenvalue weighted by atomic mass is 10.0. The second-order valence-electron chi connectivity index (χ2n) is 9.39. The average molecular weight is 476 g/mol. The van der Waals surface area contributed by atoms with E-state index < -0.39 is 23.3 Å². The summed E-state index contributed by atoms with van der Waals surface area (Å²) in [5, 5.41) is 8.87. The van der Waals surface area contributed by atoms with Crippen LogP contribution in [-0.2, 0) is 6.18 Å². The van der Waals surface area contributed by atoms with Crippen LogP contribution in [0.15, 0.2) is 36.5 Å². The number of halogens is 3. The maximum atomic E-state index is 13.5. The standard InChI is InChI=1S/C24H28F3N5O2/c1-23(2,3)32(22(33)17-6-5-7-21(29-17)24(25,26)27)19-12-15-14-31(16-8-10-28-11-9-16)30-18(15)13-20(19)34-4/h5-7,12-14,16,28H,8-11H2,1-4H3. The Kier molecular flexibility index (Phi) is 6.28. The molecule has 1 saturated heterocycles. The number of amides is 1. The van der Waals surface area contributed by atoms with Crippen LogP contribution in [0, 0.1) is 0 Å². The first-order chi connectivity index (χ1) is 16.0. The number of carbonyl (C=O) groups excluding carboxylic acids is 1. The molecule has 1 N–H and O–H groups in total. The number of piperidine rings is 1. The maximum absolute atomic E-state index is 13.5. The van der Waals surface area contributed by atoms with E-state index in [1.54, 1.807) is 32.9 Å². The number of methoxy groups -OCH3 is 1. The second-order valence-corrected chi connectivity index (χ2v) is 9.39. The molecule has 0 radical (unpaired) electrons. The Labute approximate surface area is 195 Å². The highest BCUT2D eigenvalue weighted by Crippen LogP contribution is 2.38. The molecule has 34 heavy (non-hydrogen) atoms. The zero-order chi connectivity index (χ0) is 24.7. The van der Waals surface area contributed by atoms with Gasteiger partial charge in [-0.25, -0.2) is 4.98 Å². The first-order valence-corrected chi connectivity index (χ1v) is 11.2. The largest absolute Gasteiger partial charge is 0.494 e. The number of hydrogen-bond acceptors (Lipinski definition) is 5. The molecule has 182 valence electrons. The Balaban J connectivity index is 1.80. The van der Waals surface area contributed by atoms with Crippen LogP contribution in [0.25, 0.3) is 10.9 Å². The fourth-order valence-electron chi connectivity index (χ4n) is 4.26. The van der Waals surface area contributed by atoms with Crippen LogP contribution in [-0.4, -0.2) is 46.4 Å². The van der Waals surface area contributed by atoms with Crippen molar-refractivity contribution >= 4 is 22.5 Å². The van der Waals surface area contributed by atoms with Gasteiger partial charge >= 0.3 is 6.18 Å². The fraction of sp³-hybridized carbons (Fsp3) is 0.458. The third kappa shape index (κ3) is 4.72. The van der Waals surface area contributed by atoms with Crippen LogP contribution >= 0.6 is 0 Å². The van der Waals surface area contributed by atoms with Crippen molar-refractivity contribution in [3.05, 3.63) is 47.9 Å². The summed E-state index contributed by atoms with van der Waals surface area (Å²) in [5.41, 5.74) is -1.02. The van der Waals surface area contributed by atoms with Crippen molar-refractivity contribution in [3.8, 4) is 5.75 Å². The number of hydrogen-bond donors (Lipinski definition) is 1. The number of fused-ring (bicyclic) bond motifs is 1. The molecule has 1 aliphatic rings. The van der Waals surface area contributed by atoms with Crippen molar-refractivity contribution in [1.29, 1.82) is 0 Å². The van der Waals surface area contributed by atoms with Gasteiger partial charge in [0.1, 0.15) is 17.1 Å². The van der Waals surface area contributed by atoms with E-state index in [2.05, 4.69) is 10.3 Å². The van der Waals surface area contributed by atoms with Crippen LogP contribution in [0.3, 0.4) is 0 Å². The molecular formula is C24H28F3N5O2. The SMILES string of the molecule is COc1cc2nn(C3CCNCC3)cc2cc1N(C(=O)c1cccc(C(F)(F)F)n1)C(C)(C)C. The van der Waals surface area contributed by atoms with Gasteiger partial charge in [0.2, 0.25) is 0 Å². The lowest BCUT2D eigenvalue weighted by Crippen LogP contribution is -2.46. The molecule has 3 heterocycles. The van der Waals surface area contributed by atoms with Gasteiger partial charge in [0.05, 0.1) is 24.4 Å². The Morgan fingerprint density at radius 1 is 1.18 bits per heavy atom. The van der Waals surface area contributed by atoms with Gasteiger partial charge in [-0.05, 0) is 64.9 Å². The summed E-state index contributed by atoms with van der Waals surface area (Å²) in [5.74, 6) is -0.250. The number of anilines is 1. The molecule has 10 heteroatoms. The number of aromatic nitrogens is 3. The summed E-state index contributed by atoms with van der Waals surface area (Å²) >= 11 is 0. The molecule has 1 fully saturated rings. The number of nitrogens with zero attached hydrogens (tertiary/aromatic N) is 4. The van der Waals surface area contributed by atoms with Gasteiger partial charge in [-0.15, -0.1) is 0 Å². The minimum atomic E-state index is -4.65. The summed E-state index contributed by atoms with van der Waals surface area (Å²) in [7, 11) is 1.49. The molecule has 0 spiro atoms. The van der Waals surface area contributed by atoms with Gasteiger partial charge in [-0.1, -0.05) is 6.07 Å². The van der Waals surface area contributed by atoms with Gasteiger partial charge in [-0.3, -0.25) is 14.4 Å². The molecule has 0 unspecified atom stereocenters. The van der Waals surface area contributed by atoms with E-state index in [-0.39, 0.29) is 11.7 Å². The highest BCUT2D eigenvalue weighted by molar-refractivity contribution is 6.07. The number of alkyl halides is 3. The van der Waals surface area contributed by atoms with E-state index >= 15 is 0 Å². The molecule has 0 saturated carbocycles. The Bertz CT molecular complexity index is 1190. The van der Waals surface area contributed by atoms with Crippen LogP contribution in [0.4, 0.5) is 18.9 Å². The van der Waals surface area contributed by atoms with Crippen molar-refractivity contribution in [2.75, 3.05) is 25.1 Å². The van der Waals surface area contributed by atoms with Crippen LogP contribution < -0.4 is 15.0 Å². The van der Waals surface area contributed by atoms with E-state index in [0.717, 1.165) is 42.9 Å². The first-order valence-electron chi connectivity index (χ1n) is 11.2. The lowest BCUT2D eigenvalue weighted by Gasteiger charge is -2.36. The molecule has 0 bridgehead atoms. The molecule has 0 aliphatic carbocycles. The van der Waals surface area contributed by atoms with E-state index in [4.69, 9.17) is 9.84 Å².